The Morgan fingerprint density at radius 1 is 1.78 bits per heavy atom. The van der Waals surface area contributed by atoms with Gasteiger partial charge < -0.3 is 4.74 Å². The minimum atomic E-state index is -0.0486. The van der Waals surface area contributed by atoms with Crippen LogP contribution in [0.5, 0.6) is 0 Å². The third-order valence-electron chi connectivity index (χ3n) is 0.758. The summed E-state index contributed by atoms with van der Waals surface area (Å²) in [6.07, 6.45) is 1.37. The van der Waals surface area contributed by atoms with E-state index >= 15 is 0 Å². The number of hydrogen-bond donors (Lipinski definition) is 0. The highest BCUT2D eigenvalue weighted by atomic mass is 35.5. The van der Waals surface area contributed by atoms with Gasteiger partial charge in [0.15, 0.2) is 5.78 Å². The molecule has 0 saturated carbocycles. The van der Waals surface area contributed by atoms with Crippen molar-refractivity contribution in [3.63, 3.8) is 0 Å². The lowest BCUT2D eigenvalue weighted by molar-refractivity contribution is -0.112. The van der Waals surface area contributed by atoms with Crippen molar-refractivity contribution in [2.24, 2.45) is 0 Å². The molecule has 0 atom stereocenters. The zero-order chi connectivity index (χ0) is 7.28. The molecule has 3 heteroatoms. The number of carbonyl (C=O) groups excluding carboxylic acids is 1. The fourth-order valence-corrected chi connectivity index (χ4v) is 0.565. The molecule has 0 saturated heterocycles. The van der Waals surface area contributed by atoms with E-state index in [4.69, 9.17) is 16.3 Å². The number of allylic oxidation sites excluding steroid dienone is 2. The lowest BCUT2D eigenvalue weighted by atomic mass is 10.4. The van der Waals surface area contributed by atoms with E-state index in [2.05, 4.69) is 0 Å². The van der Waals surface area contributed by atoms with E-state index < -0.39 is 0 Å². The van der Waals surface area contributed by atoms with Gasteiger partial charge >= 0.3 is 0 Å². The summed E-state index contributed by atoms with van der Waals surface area (Å²) in [7, 11) is 1.48. The zero-order valence-electron chi connectivity index (χ0n) is 5.48. The van der Waals surface area contributed by atoms with Gasteiger partial charge in [-0.3, -0.25) is 4.79 Å². The summed E-state index contributed by atoms with van der Waals surface area (Å²) < 4.78 is 4.72. The minimum Gasteiger partial charge on any atom is -0.500 e. The molecule has 0 fully saturated rings. The quantitative estimate of drug-likeness (QED) is 0.343. The van der Waals surface area contributed by atoms with Gasteiger partial charge in [0, 0.05) is 6.08 Å². The smallest absolute Gasteiger partial charge is 0.155 e. The predicted molar refractivity (Wildman–Crippen MR) is 36.5 cm³/mol. The Labute approximate surface area is 59.5 Å². The van der Waals surface area contributed by atoms with E-state index in [1.165, 1.54) is 20.1 Å². The molecule has 0 aromatic rings. The van der Waals surface area contributed by atoms with Gasteiger partial charge in [0.25, 0.3) is 0 Å². The van der Waals surface area contributed by atoms with Crippen LogP contribution in [0.3, 0.4) is 0 Å². The number of alkyl halides is 1. The van der Waals surface area contributed by atoms with Gasteiger partial charge in [-0.05, 0) is 6.92 Å². The second-order valence-electron chi connectivity index (χ2n) is 1.56. The van der Waals surface area contributed by atoms with Gasteiger partial charge in [-0.25, -0.2) is 0 Å². The normalized spacial score (nSPS) is 11.2. The summed E-state index contributed by atoms with van der Waals surface area (Å²) in [6, 6.07) is 0. The van der Waals surface area contributed by atoms with Crippen molar-refractivity contribution in [3.8, 4) is 0 Å². The molecule has 0 rings (SSSR count). The molecule has 0 aliphatic rings. The van der Waals surface area contributed by atoms with Crippen molar-refractivity contribution in [2.45, 2.75) is 6.92 Å². The van der Waals surface area contributed by atoms with Gasteiger partial charge in [0.2, 0.25) is 0 Å². The van der Waals surface area contributed by atoms with E-state index in [1.807, 2.05) is 0 Å². The first-order chi connectivity index (χ1) is 4.20. The van der Waals surface area contributed by atoms with Gasteiger partial charge in [-0.15, -0.1) is 11.6 Å². The van der Waals surface area contributed by atoms with Crippen molar-refractivity contribution < 1.29 is 9.53 Å². The Bertz CT molecular complexity index is 123. The van der Waals surface area contributed by atoms with E-state index in [-0.39, 0.29) is 11.7 Å². The summed E-state index contributed by atoms with van der Waals surface area (Å²) in [4.78, 5) is 10.4. The second kappa shape index (κ2) is 4.39. The summed E-state index contributed by atoms with van der Waals surface area (Å²) in [5.41, 5.74) is 0. The molecule has 0 bridgehead atoms. The number of halogens is 1. The van der Waals surface area contributed by atoms with Crippen LogP contribution in [0.1, 0.15) is 6.92 Å². The third kappa shape index (κ3) is 4.03. The number of rotatable bonds is 3. The average Bonchev–Trinajstić information content (AvgIpc) is 1.82. The van der Waals surface area contributed by atoms with Gasteiger partial charge in [-0.1, -0.05) is 0 Å². The van der Waals surface area contributed by atoms with Crippen LogP contribution in [-0.4, -0.2) is 18.8 Å². The van der Waals surface area contributed by atoms with Crippen molar-refractivity contribution in [1.82, 2.24) is 0 Å². The summed E-state index contributed by atoms with van der Waals surface area (Å²) >= 11 is 5.37. The highest BCUT2D eigenvalue weighted by molar-refractivity contribution is 6.19. The fraction of sp³-hybridized carbons (Fsp3) is 0.500. The van der Waals surface area contributed by atoms with E-state index in [0.29, 0.717) is 5.76 Å². The number of methoxy groups -OCH3 is 1. The Morgan fingerprint density at radius 3 is 2.44 bits per heavy atom. The highest BCUT2D eigenvalue weighted by Gasteiger charge is 1.93. The van der Waals surface area contributed by atoms with Gasteiger partial charge in [0.05, 0.1) is 13.0 Å². The summed E-state index contributed by atoms with van der Waals surface area (Å²) in [5, 5.41) is 0. The average molecular weight is 149 g/mol. The first-order valence-corrected chi connectivity index (χ1v) is 3.05. The maximum atomic E-state index is 10.4. The van der Waals surface area contributed by atoms with Crippen LogP contribution in [0, 0.1) is 0 Å². The van der Waals surface area contributed by atoms with Gasteiger partial charge in [-0.2, -0.15) is 0 Å². The Hall–Kier alpha value is -0.500. The van der Waals surface area contributed by atoms with E-state index in [0.717, 1.165) is 0 Å². The monoisotopic (exact) mass is 148 g/mol. The number of carbonyl (C=O) groups is 1. The van der Waals surface area contributed by atoms with E-state index in [9.17, 15) is 4.79 Å². The Kier molecular flexibility index (Phi) is 4.14. The molecule has 0 unspecified atom stereocenters. The third-order valence-corrected chi connectivity index (χ3v) is 1.02. The van der Waals surface area contributed by atoms with Crippen LogP contribution in [0.15, 0.2) is 11.8 Å². The molecule has 0 aliphatic heterocycles. The topological polar surface area (TPSA) is 26.3 Å². The van der Waals surface area contributed by atoms with Crippen LogP contribution in [0.25, 0.3) is 0 Å². The highest BCUT2D eigenvalue weighted by Crippen LogP contribution is 1.97. The van der Waals surface area contributed by atoms with Crippen LogP contribution >= 0.6 is 11.6 Å². The van der Waals surface area contributed by atoms with Crippen molar-refractivity contribution in [1.29, 1.82) is 0 Å². The molecule has 0 aromatic carbocycles. The molecular formula is C6H9ClO2. The molecular weight excluding hydrogens is 140 g/mol. The molecule has 9 heavy (non-hydrogen) atoms. The van der Waals surface area contributed by atoms with E-state index in [1.54, 1.807) is 0 Å². The predicted octanol–water partition coefficient (Wildman–Crippen LogP) is 1.34. The van der Waals surface area contributed by atoms with Crippen LogP contribution < -0.4 is 0 Å². The number of ketones is 1. The van der Waals surface area contributed by atoms with Crippen LogP contribution in [0.2, 0.25) is 0 Å². The number of hydrogen-bond acceptors (Lipinski definition) is 2. The zero-order valence-corrected chi connectivity index (χ0v) is 6.23. The molecule has 2 nitrogen and oxygen atoms in total. The SMILES string of the molecule is CO/C(=C\C(C)=O)CCl. The molecule has 0 aromatic heterocycles. The Morgan fingerprint density at radius 2 is 2.33 bits per heavy atom. The molecule has 0 N–H and O–H groups in total. The standard InChI is InChI=1S/C6H9ClO2/c1-5(8)3-6(4-7)9-2/h3H,4H2,1-2H3/b6-3-. The van der Waals surface area contributed by atoms with Crippen molar-refractivity contribution in [2.75, 3.05) is 13.0 Å². The largest absolute Gasteiger partial charge is 0.500 e. The molecule has 0 heterocycles. The molecule has 0 radical (unpaired) electrons. The first-order valence-electron chi connectivity index (χ1n) is 2.51. The number of ether oxygens (including phenoxy) is 1. The van der Waals surface area contributed by atoms with Crippen molar-refractivity contribution in [3.05, 3.63) is 11.8 Å². The second-order valence-corrected chi connectivity index (χ2v) is 1.83. The van der Waals surface area contributed by atoms with Crippen LogP contribution in [0.4, 0.5) is 0 Å². The first kappa shape index (κ1) is 8.50. The molecule has 0 amide bonds. The van der Waals surface area contributed by atoms with Gasteiger partial charge in [0.1, 0.15) is 5.76 Å². The lowest BCUT2D eigenvalue weighted by Gasteiger charge is -1.97. The molecule has 52 valence electrons. The fourth-order valence-electron chi connectivity index (χ4n) is 0.379. The summed E-state index contributed by atoms with van der Waals surface area (Å²) in [5.74, 6) is 0.701. The van der Waals surface area contributed by atoms with Crippen molar-refractivity contribution >= 4 is 17.4 Å². The molecule has 0 aliphatic carbocycles. The van der Waals surface area contributed by atoms with Crippen LogP contribution in [-0.2, 0) is 9.53 Å². The summed E-state index contributed by atoms with van der Waals surface area (Å²) in [6.45, 7) is 1.45. The molecule has 0 spiro atoms. The lowest BCUT2D eigenvalue weighted by Crippen LogP contribution is -1.92. The maximum absolute atomic E-state index is 10.4. The minimum absolute atomic E-state index is 0.0486. The maximum Gasteiger partial charge on any atom is 0.155 e. The Balaban J connectivity index is 3.91.